The van der Waals surface area contributed by atoms with Crippen LogP contribution in [0.3, 0.4) is 0 Å². The number of hydrogen-bond donors (Lipinski definition) is 0. The Morgan fingerprint density at radius 3 is 1.95 bits per heavy atom. The molecule has 0 heterocycles. The SMILES string of the molecule is COC(COC1CC2C=CC1C2)(C(F)(F)F)C(F)(F)F. The van der Waals surface area contributed by atoms with Crippen molar-refractivity contribution >= 4 is 0 Å². The molecule has 3 atom stereocenters. The van der Waals surface area contributed by atoms with Crippen LogP contribution in [0.5, 0.6) is 0 Å². The summed E-state index contributed by atoms with van der Waals surface area (Å²) in [6.45, 7) is -1.57. The number of halogens is 6. The Morgan fingerprint density at radius 1 is 1.00 bits per heavy atom. The molecule has 2 rings (SSSR count). The largest absolute Gasteiger partial charge is 0.428 e. The highest BCUT2D eigenvalue weighted by Crippen LogP contribution is 2.47. The van der Waals surface area contributed by atoms with Crippen LogP contribution in [0.4, 0.5) is 26.3 Å². The maximum Gasteiger partial charge on any atom is 0.428 e. The fourth-order valence-corrected chi connectivity index (χ4v) is 2.76. The van der Waals surface area contributed by atoms with Crippen LogP contribution in [0.25, 0.3) is 0 Å². The molecule has 0 aromatic rings. The third-order valence-corrected chi connectivity index (χ3v) is 3.98. The monoisotopic (exact) mass is 304 g/mol. The van der Waals surface area contributed by atoms with Crippen molar-refractivity contribution in [1.29, 1.82) is 0 Å². The first-order valence-electron chi connectivity index (χ1n) is 6.09. The fourth-order valence-electron chi connectivity index (χ4n) is 2.76. The Labute approximate surface area is 111 Å². The van der Waals surface area contributed by atoms with E-state index in [1.54, 1.807) is 6.08 Å². The smallest absolute Gasteiger partial charge is 0.374 e. The molecule has 20 heavy (non-hydrogen) atoms. The van der Waals surface area contributed by atoms with Crippen LogP contribution in [0, 0.1) is 11.8 Å². The van der Waals surface area contributed by atoms with Crippen LogP contribution >= 0.6 is 0 Å². The third kappa shape index (κ3) is 2.43. The van der Waals surface area contributed by atoms with E-state index in [0.717, 1.165) is 6.42 Å². The van der Waals surface area contributed by atoms with Gasteiger partial charge in [-0.2, -0.15) is 26.3 Å². The van der Waals surface area contributed by atoms with E-state index in [4.69, 9.17) is 4.74 Å². The van der Waals surface area contributed by atoms with Gasteiger partial charge < -0.3 is 9.47 Å². The summed E-state index contributed by atoms with van der Waals surface area (Å²) in [4.78, 5) is 0. The first-order valence-corrected chi connectivity index (χ1v) is 6.09. The summed E-state index contributed by atoms with van der Waals surface area (Å²) >= 11 is 0. The molecule has 2 aliphatic carbocycles. The van der Waals surface area contributed by atoms with Gasteiger partial charge in [0.15, 0.2) is 0 Å². The summed E-state index contributed by atoms with van der Waals surface area (Å²) < 4.78 is 85.5. The molecular formula is C12H14F6O2. The standard InChI is InChI=1S/C12H14F6O2/c1-19-10(11(13,14)15,12(16,17)18)6-20-9-5-7-2-3-8(9)4-7/h2-3,7-9H,4-6H2,1H3. The molecule has 116 valence electrons. The lowest BCUT2D eigenvalue weighted by atomic mass is 10.0. The molecule has 1 fully saturated rings. The molecule has 0 aromatic carbocycles. The van der Waals surface area contributed by atoms with Crippen molar-refractivity contribution in [3.63, 3.8) is 0 Å². The molecule has 0 aliphatic heterocycles. The zero-order chi connectivity index (χ0) is 15.2. The lowest BCUT2D eigenvalue weighted by molar-refractivity contribution is -0.386. The van der Waals surface area contributed by atoms with Crippen molar-refractivity contribution < 1.29 is 35.8 Å². The van der Waals surface area contributed by atoms with E-state index in [2.05, 4.69) is 4.74 Å². The number of fused-ring (bicyclic) bond motifs is 2. The predicted molar refractivity (Wildman–Crippen MR) is 56.9 cm³/mol. The van der Waals surface area contributed by atoms with Crippen molar-refractivity contribution in [2.24, 2.45) is 11.8 Å². The molecule has 3 unspecified atom stereocenters. The Morgan fingerprint density at radius 2 is 1.60 bits per heavy atom. The van der Waals surface area contributed by atoms with Crippen molar-refractivity contribution in [3.8, 4) is 0 Å². The van der Waals surface area contributed by atoms with Gasteiger partial charge in [-0.1, -0.05) is 12.2 Å². The minimum Gasteiger partial charge on any atom is -0.374 e. The molecule has 8 heteroatoms. The van der Waals surface area contributed by atoms with E-state index in [0.29, 0.717) is 13.5 Å². The molecule has 0 N–H and O–H groups in total. The zero-order valence-electron chi connectivity index (χ0n) is 10.6. The normalized spacial score (nSPS) is 30.2. The maximum absolute atomic E-state index is 12.8. The van der Waals surface area contributed by atoms with Crippen LogP contribution < -0.4 is 0 Å². The summed E-state index contributed by atoms with van der Waals surface area (Å²) in [6.07, 6.45) is -6.90. The van der Waals surface area contributed by atoms with Crippen LogP contribution in [0.2, 0.25) is 0 Å². The van der Waals surface area contributed by atoms with Crippen LogP contribution in [0.15, 0.2) is 12.2 Å². The van der Waals surface area contributed by atoms with E-state index in [9.17, 15) is 26.3 Å². The van der Waals surface area contributed by atoms with Crippen molar-refractivity contribution in [2.75, 3.05) is 13.7 Å². The van der Waals surface area contributed by atoms with E-state index < -0.39 is 30.7 Å². The highest BCUT2D eigenvalue weighted by Gasteiger charge is 2.72. The van der Waals surface area contributed by atoms with Gasteiger partial charge in [0.25, 0.3) is 5.60 Å². The molecule has 2 aliphatic rings. The minimum atomic E-state index is -5.59. The summed E-state index contributed by atoms with van der Waals surface area (Å²) in [5.74, 6) is 0.0924. The Bertz CT molecular complexity index is 372. The molecular weight excluding hydrogens is 290 g/mol. The van der Waals surface area contributed by atoms with E-state index in [-0.39, 0.29) is 11.8 Å². The number of alkyl halides is 6. The summed E-state index contributed by atoms with van der Waals surface area (Å²) in [5.41, 5.74) is -4.27. The van der Waals surface area contributed by atoms with Gasteiger partial charge in [0, 0.05) is 13.0 Å². The van der Waals surface area contributed by atoms with Gasteiger partial charge in [0.05, 0.1) is 12.7 Å². The second kappa shape index (κ2) is 4.91. The molecule has 2 nitrogen and oxygen atoms in total. The molecule has 0 spiro atoms. The van der Waals surface area contributed by atoms with Crippen LogP contribution in [-0.4, -0.2) is 37.8 Å². The van der Waals surface area contributed by atoms with Crippen molar-refractivity contribution in [2.45, 2.75) is 36.9 Å². The minimum absolute atomic E-state index is 0.101. The zero-order valence-corrected chi connectivity index (χ0v) is 10.6. The van der Waals surface area contributed by atoms with Crippen molar-refractivity contribution in [1.82, 2.24) is 0 Å². The average Bonchev–Trinajstić information content (AvgIpc) is 2.88. The maximum atomic E-state index is 12.8. The number of rotatable bonds is 4. The third-order valence-electron chi connectivity index (χ3n) is 3.98. The quantitative estimate of drug-likeness (QED) is 0.585. The molecule has 0 radical (unpaired) electrons. The fraction of sp³-hybridized carbons (Fsp3) is 0.833. The van der Waals surface area contributed by atoms with Crippen LogP contribution in [-0.2, 0) is 9.47 Å². The van der Waals surface area contributed by atoms with Gasteiger partial charge in [-0.25, -0.2) is 0 Å². The topological polar surface area (TPSA) is 18.5 Å². The second-order valence-electron chi connectivity index (χ2n) is 5.16. The van der Waals surface area contributed by atoms with Crippen molar-refractivity contribution in [3.05, 3.63) is 12.2 Å². The lowest BCUT2D eigenvalue weighted by Gasteiger charge is -2.36. The molecule has 0 saturated heterocycles. The molecule has 0 aromatic heterocycles. The number of hydrogen-bond acceptors (Lipinski definition) is 2. The second-order valence-corrected chi connectivity index (χ2v) is 5.16. The summed E-state index contributed by atoms with van der Waals surface area (Å²) in [6, 6.07) is 0. The molecule has 2 bridgehead atoms. The number of ether oxygens (including phenoxy) is 2. The lowest BCUT2D eigenvalue weighted by Crippen LogP contribution is -2.61. The summed E-state index contributed by atoms with van der Waals surface area (Å²) in [5, 5.41) is 0. The van der Waals surface area contributed by atoms with Gasteiger partial charge >= 0.3 is 12.4 Å². The van der Waals surface area contributed by atoms with Gasteiger partial charge in [0.1, 0.15) is 0 Å². The summed E-state index contributed by atoms with van der Waals surface area (Å²) in [7, 11) is 0.394. The predicted octanol–water partition coefficient (Wildman–Crippen LogP) is 3.48. The first-order chi connectivity index (χ1) is 9.11. The molecule has 1 saturated carbocycles. The van der Waals surface area contributed by atoms with E-state index >= 15 is 0 Å². The number of methoxy groups -OCH3 is 1. The molecule has 0 amide bonds. The Kier molecular flexibility index (Phi) is 3.83. The first kappa shape index (κ1) is 15.6. The van der Waals surface area contributed by atoms with Gasteiger partial charge in [-0.15, -0.1) is 0 Å². The average molecular weight is 304 g/mol. The van der Waals surface area contributed by atoms with Gasteiger partial charge in [-0.05, 0) is 18.8 Å². The highest BCUT2D eigenvalue weighted by atomic mass is 19.4. The Hall–Kier alpha value is -0.760. The van der Waals surface area contributed by atoms with Gasteiger partial charge in [-0.3, -0.25) is 0 Å². The van der Waals surface area contributed by atoms with E-state index in [1.165, 1.54) is 0 Å². The number of allylic oxidation sites excluding steroid dienone is 1. The van der Waals surface area contributed by atoms with E-state index in [1.807, 2.05) is 6.08 Å². The Balaban J connectivity index is 2.11. The van der Waals surface area contributed by atoms with Crippen LogP contribution in [0.1, 0.15) is 12.8 Å². The van der Waals surface area contributed by atoms with Gasteiger partial charge in [0.2, 0.25) is 0 Å². The highest BCUT2D eigenvalue weighted by molar-refractivity contribution is 5.11.